The van der Waals surface area contributed by atoms with Gasteiger partial charge in [0.2, 0.25) is 5.91 Å². The number of carbonyl (C=O) groups is 1. The molecule has 0 spiro atoms. The van der Waals surface area contributed by atoms with Crippen LogP contribution in [-0.2, 0) is 36.6 Å². The largest absolute Gasteiger partial charge is 0.434 e. The van der Waals surface area contributed by atoms with Crippen molar-refractivity contribution in [1.82, 2.24) is 19.5 Å². The first-order chi connectivity index (χ1) is 17.6. The van der Waals surface area contributed by atoms with Crippen LogP contribution in [0.15, 0.2) is 60.9 Å². The molecular formula is C27H22F3N5O2. The van der Waals surface area contributed by atoms with Gasteiger partial charge in [-0.3, -0.25) is 9.69 Å². The van der Waals surface area contributed by atoms with Crippen molar-refractivity contribution in [3.8, 4) is 22.8 Å². The minimum absolute atomic E-state index is 0.112. The zero-order valence-electron chi connectivity index (χ0n) is 19.8. The van der Waals surface area contributed by atoms with Gasteiger partial charge >= 0.3 is 6.18 Å². The normalized spacial score (nSPS) is 16.2. The number of aliphatic hydroxyl groups is 1. The molecule has 6 rings (SSSR count). The van der Waals surface area contributed by atoms with Gasteiger partial charge in [-0.15, -0.1) is 0 Å². The molecule has 0 atom stereocenters. The summed E-state index contributed by atoms with van der Waals surface area (Å²) in [6.07, 6.45) is -0.341. The molecule has 1 N–H and O–H groups in total. The second kappa shape index (κ2) is 8.24. The van der Waals surface area contributed by atoms with E-state index >= 15 is 0 Å². The molecule has 10 heteroatoms. The Morgan fingerprint density at radius 3 is 2.46 bits per heavy atom. The number of aromatic nitrogens is 4. The zero-order chi connectivity index (χ0) is 25.9. The van der Waals surface area contributed by atoms with E-state index in [1.54, 1.807) is 35.4 Å². The maximum Gasteiger partial charge on any atom is 0.434 e. The van der Waals surface area contributed by atoms with E-state index in [9.17, 15) is 23.1 Å². The molecule has 2 aromatic heterocycles. The molecule has 2 aromatic carbocycles. The lowest BCUT2D eigenvalue weighted by molar-refractivity contribution is -0.140. The summed E-state index contributed by atoms with van der Waals surface area (Å²) in [5, 5.41) is 10.7. The Bertz CT molecular complexity index is 1520. The molecular weight excluding hydrogens is 483 g/mol. The molecule has 1 saturated carbocycles. The van der Waals surface area contributed by atoms with Gasteiger partial charge in [-0.25, -0.2) is 15.0 Å². The number of aryl methyl sites for hydroxylation is 1. The lowest BCUT2D eigenvalue weighted by atomic mass is 10.00. The number of imidazole rings is 1. The Morgan fingerprint density at radius 2 is 1.78 bits per heavy atom. The van der Waals surface area contributed by atoms with Crippen LogP contribution >= 0.6 is 0 Å². The van der Waals surface area contributed by atoms with E-state index in [2.05, 4.69) is 9.97 Å². The Kier molecular flexibility index (Phi) is 5.20. The maximum atomic E-state index is 13.0. The average Bonchev–Trinajstić information content (AvgIpc) is 3.38. The van der Waals surface area contributed by atoms with E-state index < -0.39 is 17.5 Å². The number of rotatable bonds is 5. The summed E-state index contributed by atoms with van der Waals surface area (Å²) in [6.45, 7) is 0.252. The molecule has 3 heterocycles. The minimum atomic E-state index is -4.52. The summed E-state index contributed by atoms with van der Waals surface area (Å²) in [5.41, 5.74) is 1.77. The molecule has 2 aliphatic rings. The zero-order valence-corrected chi connectivity index (χ0v) is 19.8. The van der Waals surface area contributed by atoms with Crippen molar-refractivity contribution in [2.45, 2.75) is 37.6 Å². The summed E-state index contributed by atoms with van der Waals surface area (Å²) >= 11 is 0. The van der Waals surface area contributed by atoms with Crippen molar-refractivity contribution in [3.05, 3.63) is 83.3 Å². The minimum Gasteiger partial charge on any atom is -0.385 e. The van der Waals surface area contributed by atoms with E-state index in [-0.39, 0.29) is 24.7 Å². The van der Waals surface area contributed by atoms with Crippen LogP contribution in [0.3, 0.4) is 0 Å². The molecule has 188 valence electrons. The van der Waals surface area contributed by atoms with Gasteiger partial charge in [0, 0.05) is 36.1 Å². The number of nitrogens with zero attached hydrogens (tertiary/aromatic N) is 5. The van der Waals surface area contributed by atoms with Gasteiger partial charge < -0.3 is 9.67 Å². The topological polar surface area (TPSA) is 84.1 Å². The molecule has 1 amide bonds. The smallest absolute Gasteiger partial charge is 0.385 e. The molecule has 0 radical (unpaired) electrons. The maximum absolute atomic E-state index is 13.0. The number of amides is 1. The Hall–Kier alpha value is -4.05. The molecule has 37 heavy (non-hydrogen) atoms. The van der Waals surface area contributed by atoms with Crippen molar-refractivity contribution >= 4 is 11.7 Å². The molecule has 0 bridgehead atoms. The highest BCUT2D eigenvalue weighted by Gasteiger charge is 2.44. The number of anilines is 1. The van der Waals surface area contributed by atoms with E-state index in [4.69, 9.17) is 4.98 Å². The van der Waals surface area contributed by atoms with Crippen LogP contribution in [0.1, 0.15) is 35.2 Å². The van der Waals surface area contributed by atoms with Crippen molar-refractivity contribution in [1.29, 1.82) is 0 Å². The van der Waals surface area contributed by atoms with Gasteiger partial charge in [0.1, 0.15) is 11.6 Å². The first-order valence-corrected chi connectivity index (χ1v) is 11.8. The fourth-order valence-corrected chi connectivity index (χ4v) is 4.71. The molecule has 0 saturated heterocycles. The number of alkyl halides is 3. The van der Waals surface area contributed by atoms with Crippen LogP contribution in [0.25, 0.3) is 22.8 Å². The van der Waals surface area contributed by atoms with Crippen LogP contribution in [0.2, 0.25) is 0 Å². The number of hydrogen-bond donors (Lipinski definition) is 1. The van der Waals surface area contributed by atoms with Crippen LogP contribution in [-0.4, -0.2) is 30.5 Å². The van der Waals surface area contributed by atoms with Crippen molar-refractivity contribution in [2.75, 3.05) is 4.90 Å². The van der Waals surface area contributed by atoms with Crippen molar-refractivity contribution < 1.29 is 23.1 Å². The second-order valence-corrected chi connectivity index (χ2v) is 9.53. The van der Waals surface area contributed by atoms with E-state index in [1.807, 2.05) is 24.3 Å². The van der Waals surface area contributed by atoms with Gasteiger partial charge in [0.25, 0.3) is 0 Å². The van der Waals surface area contributed by atoms with E-state index in [1.165, 1.54) is 11.6 Å². The molecule has 1 aliphatic carbocycles. The molecule has 0 unspecified atom stereocenters. The van der Waals surface area contributed by atoms with E-state index in [0.29, 0.717) is 30.0 Å². The SMILES string of the molecule is Cn1cc(C(F)(F)F)nc1-c1ccc(CN2C(=O)Cc3cnc(-c4ccccc4C4(O)CC4)nc32)cc1. The van der Waals surface area contributed by atoms with Crippen LogP contribution in [0.5, 0.6) is 0 Å². The Labute approximate surface area is 210 Å². The summed E-state index contributed by atoms with van der Waals surface area (Å²) in [5.74, 6) is 1.06. The van der Waals surface area contributed by atoms with Gasteiger partial charge in [-0.2, -0.15) is 13.2 Å². The van der Waals surface area contributed by atoms with Gasteiger partial charge in [0.05, 0.1) is 18.6 Å². The third-order valence-corrected chi connectivity index (χ3v) is 6.85. The lowest BCUT2D eigenvalue weighted by Crippen LogP contribution is -2.26. The average molecular weight is 506 g/mol. The fourth-order valence-electron chi connectivity index (χ4n) is 4.71. The molecule has 7 nitrogen and oxygen atoms in total. The predicted molar refractivity (Wildman–Crippen MR) is 129 cm³/mol. The lowest BCUT2D eigenvalue weighted by Gasteiger charge is -2.18. The Balaban J connectivity index is 1.28. The molecule has 1 aliphatic heterocycles. The number of halogens is 3. The summed E-state index contributed by atoms with van der Waals surface area (Å²) in [7, 11) is 1.52. The standard InChI is InChI=1S/C27H22F3N5O2/c1-34-15-21(27(28,29)30)32-24(34)17-8-6-16(7-9-17)14-35-22(36)12-18-13-31-23(33-25(18)35)19-4-2-3-5-20(19)26(37)10-11-26/h2-9,13,15,37H,10-12,14H2,1H3. The first kappa shape index (κ1) is 23.4. The highest BCUT2D eigenvalue weighted by molar-refractivity contribution is 6.00. The predicted octanol–water partition coefficient (Wildman–Crippen LogP) is 4.63. The van der Waals surface area contributed by atoms with Crippen molar-refractivity contribution in [2.24, 2.45) is 7.05 Å². The number of hydrogen-bond acceptors (Lipinski definition) is 5. The molecule has 4 aromatic rings. The fraction of sp³-hybridized carbons (Fsp3) is 0.259. The highest BCUT2D eigenvalue weighted by Crippen LogP contribution is 2.48. The van der Waals surface area contributed by atoms with Gasteiger partial charge in [0.15, 0.2) is 11.5 Å². The summed E-state index contributed by atoms with van der Waals surface area (Å²) in [4.78, 5) is 27.4. The van der Waals surface area contributed by atoms with E-state index in [0.717, 1.165) is 28.5 Å². The van der Waals surface area contributed by atoms with Crippen LogP contribution in [0, 0.1) is 0 Å². The number of carbonyl (C=O) groups excluding carboxylic acids is 1. The summed E-state index contributed by atoms with van der Waals surface area (Å²) < 4.78 is 40.4. The summed E-state index contributed by atoms with van der Waals surface area (Å²) in [6, 6.07) is 14.4. The molecule has 1 fully saturated rings. The second-order valence-electron chi connectivity index (χ2n) is 9.53. The van der Waals surface area contributed by atoms with Crippen LogP contribution in [0.4, 0.5) is 19.0 Å². The van der Waals surface area contributed by atoms with Crippen LogP contribution < -0.4 is 4.90 Å². The first-order valence-electron chi connectivity index (χ1n) is 11.8. The third kappa shape index (κ3) is 4.17. The van der Waals surface area contributed by atoms with Gasteiger partial charge in [-0.1, -0.05) is 48.5 Å². The quantitative estimate of drug-likeness (QED) is 0.428. The van der Waals surface area contributed by atoms with Gasteiger partial charge in [-0.05, 0) is 24.0 Å². The number of benzene rings is 2. The monoisotopic (exact) mass is 505 g/mol. The van der Waals surface area contributed by atoms with Crippen molar-refractivity contribution in [3.63, 3.8) is 0 Å². The highest BCUT2D eigenvalue weighted by atomic mass is 19.4. The third-order valence-electron chi connectivity index (χ3n) is 6.85. The number of fused-ring (bicyclic) bond motifs is 1. The Morgan fingerprint density at radius 1 is 1.05 bits per heavy atom.